The van der Waals surface area contributed by atoms with Crippen LogP contribution in [0.5, 0.6) is 0 Å². The summed E-state index contributed by atoms with van der Waals surface area (Å²) in [4.78, 5) is 26.1. The fourth-order valence-electron chi connectivity index (χ4n) is 3.74. The average molecular weight is 419 g/mol. The number of nitrogens with zero attached hydrogens (tertiary/aromatic N) is 2. The highest BCUT2D eigenvalue weighted by Crippen LogP contribution is 2.28. The van der Waals surface area contributed by atoms with Crippen LogP contribution < -0.4 is 5.32 Å². The molecule has 0 fully saturated rings. The van der Waals surface area contributed by atoms with Crippen LogP contribution >= 0.6 is 0 Å². The summed E-state index contributed by atoms with van der Waals surface area (Å²) in [5.41, 5.74) is 4.73. The molecule has 4 rings (SSSR count). The van der Waals surface area contributed by atoms with Crippen molar-refractivity contribution in [2.45, 2.75) is 13.8 Å². The number of para-hydroxylation sites is 1. The maximum atomic E-state index is 13.3. The molecule has 0 saturated heterocycles. The minimum Gasteiger partial charge on any atom is -0.321 e. The number of hydrogen-bond donors (Lipinski definition) is 1. The van der Waals surface area contributed by atoms with Crippen LogP contribution in [0.2, 0.25) is 0 Å². The van der Waals surface area contributed by atoms with Crippen LogP contribution in [-0.4, -0.2) is 16.1 Å². The van der Waals surface area contributed by atoms with Gasteiger partial charge in [-0.2, -0.15) is 5.26 Å². The molecule has 0 spiro atoms. The summed E-state index contributed by atoms with van der Waals surface area (Å²) in [5, 5.41) is 12.5. The zero-order chi connectivity index (χ0) is 22.7. The Kier molecular flexibility index (Phi) is 5.69. The van der Waals surface area contributed by atoms with Crippen molar-refractivity contribution in [2.75, 3.05) is 5.32 Å². The molecule has 0 radical (unpaired) electrons. The van der Waals surface area contributed by atoms with Crippen LogP contribution in [-0.2, 0) is 4.79 Å². The molecule has 0 unspecified atom stereocenters. The van der Waals surface area contributed by atoms with Gasteiger partial charge in [-0.05, 0) is 49.2 Å². The second-order valence-electron chi connectivity index (χ2n) is 7.48. The highest BCUT2D eigenvalue weighted by Gasteiger charge is 2.22. The molecule has 1 N–H and O–H groups in total. The van der Waals surface area contributed by atoms with E-state index in [1.165, 1.54) is 0 Å². The number of hydrogen-bond acceptors (Lipinski definition) is 3. The van der Waals surface area contributed by atoms with Gasteiger partial charge >= 0.3 is 0 Å². The van der Waals surface area contributed by atoms with Crippen LogP contribution in [0.3, 0.4) is 0 Å². The summed E-state index contributed by atoms with van der Waals surface area (Å²) in [7, 11) is 0. The van der Waals surface area contributed by atoms with E-state index in [-0.39, 0.29) is 11.4 Å². The van der Waals surface area contributed by atoms with Gasteiger partial charge in [0.15, 0.2) is 0 Å². The molecule has 0 saturated carbocycles. The van der Waals surface area contributed by atoms with Gasteiger partial charge in [0.2, 0.25) is 5.78 Å². The molecule has 32 heavy (non-hydrogen) atoms. The predicted molar refractivity (Wildman–Crippen MR) is 125 cm³/mol. The number of carbonyl (C=O) groups is 2. The zero-order valence-corrected chi connectivity index (χ0v) is 17.8. The fraction of sp³-hybridized carbons (Fsp3) is 0.0741. The third kappa shape index (κ3) is 3.82. The highest BCUT2D eigenvalue weighted by molar-refractivity contribution is 6.13. The number of fused-ring (bicyclic) bond motifs is 1. The third-order valence-electron chi connectivity index (χ3n) is 5.43. The second-order valence-corrected chi connectivity index (χ2v) is 7.48. The molecule has 156 valence electrons. The Morgan fingerprint density at radius 1 is 0.938 bits per heavy atom. The number of aryl methyl sites for hydroxylation is 1. The molecule has 0 aliphatic rings. The first kappa shape index (κ1) is 20.8. The lowest BCUT2D eigenvalue weighted by molar-refractivity contribution is -0.112. The molecule has 0 aliphatic carbocycles. The topological polar surface area (TPSA) is 74.4 Å². The SMILES string of the molecule is Cc1ccccc1NC(=O)/C(C#N)=C/c1c(C)c(C(=O)c2ccccc2)n2ccccc12. The van der Waals surface area contributed by atoms with Crippen LogP contribution in [0, 0.1) is 25.2 Å². The lowest BCUT2D eigenvalue weighted by Gasteiger charge is -2.07. The van der Waals surface area contributed by atoms with Crippen molar-refractivity contribution in [1.82, 2.24) is 4.40 Å². The minimum absolute atomic E-state index is 0.0357. The van der Waals surface area contributed by atoms with E-state index in [0.717, 1.165) is 11.1 Å². The maximum Gasteiger partial charge on any atom is 0.266 e. The number of pyridine rings is 1. The number of aromatic nitrogens is 1. The number of nitrogens with one attached hydrogen (secondary N) is 1. The first-order valence-corrected chi connectivity index (χ1v) is 10.2. The molecule has 4 aromatic rings. The first-order chi connectivity index (χ1) is 15.5. The summed E-state index contributed by atoms with van der Waals surface area (Å²) < 4.78 is 1.81. The Morgan fingerprint density at radius 2 is 1.62 bits per heavy atom. The van der Waals surface area contributed by atoms with E-state index < -0.39 is 5.91 Å². The standard InChI is InChI=1S/C27H21N3O2/c1-18-10-6-7-13-23(18)29-27(32)21(17-28)16-22-19(2)25(30-15-9-8-14-24(22)30)26(31)20-11-4-3-5-12-20/h3-16H,1-2H3,(H,29,32)/b21-16+. The summed E-state index contributed by atoms with van der Waals surface area (Å²) in [5.74, 6) is -0.612. The predicted octanol–water partition coefficient (Wildman–Crippen LogP) is 5.33. The van der Waals surface area contributed by atoms with Crippen molar-refractivity contribution < 1.29 is 9.59 Å². The second kappa shape index (κ2) is 8.75. The van der Waals surface area contributed by atoms with Crippen molar-refractivity contribution in [3.8, 4) is 6.07 Å². The Morgan fingerprint density at radius 3 is 2.34 bits per heavy atom. The Balaban J connectivity index is 1.80. The van der Waals surface area contributed by atoms with E-state index in [1.807, 2.05) is 85.1 Å². The molecule has 5 nitrogen and oxygen atoms in total. The lowest BCUT2D eigenvalue weighted by Crippen LogP contribution is -2.14. The smallest absolute Gasteiger partial charge is 0.266 e. The summed E-state index contributed by atoms with van der Waals surface area (Å²) in [6, 6.07) is 24.0. The first-order valence-electron chi connectivity index (χ1n) is 10.2. The summed E-state index contributed by atoms with van der Waals surface area (Å²) in [6.45, 7) is 3.72. The van der Waals surface area contributed by atoms with Crippen LogP contribution in [0.4, 0.5) is 5.69 Å². The maximum absolute atomic E-state index is 13.3. The van der Waals surface area contributed by atoms with Gasteiger partial charge < -0.3 is 9.72 Å². The largest absolute Gasteiger partial charge is 0.321 e. The number of nitriles is 1. The van der Waals surface area contributed by atoms with E-state index in [0.29, 0.717) is 28.1 Å². The molecule has 0 aliphatic heterocycles. The Bertz CT molecular complexity index is 1410. The average Bonchev–Trinajstić information content (AvgIpc) is 3.10. The van der Waals surface area contributed by atoms with Crippen LogP contribution in [0.15, 0.2) is 84.6 Å². The third-order valence-corrected chi connectivity index (χ3v) is 5.43. The number of rotatable bonds is 5. The zero-order valence-electron chi connectivity index (χ0n) is 17.8. The van der Waals surface area contributed by atoms with Crippen molar-refractivity contribution in [3.05, 3.63) is 113 Å². The monoisotopic (exact) mass is 419 g/mol. The normalized spacial score (nSPS) is 11.2. The van der Waals surface area contributed by atoms with E-state index in [4.69, 9.17) is 0 Å². The number of benzene rings is 2. The van der Waals surface area contributed by atoms with Gasteiger partial charge in [0.25, 0.3) is 5.91 Å². The minimum atomic E-state index is -0.493. The molecular formula is C27H21N3O2. The summed E-state index contributed by atoms with van der Waals surface area (Å²) in [6.07, 6.45) is 3.37. The molecular weight excluding hydrogens is 398 g/mol. The van der Waals surface area contributed by atoms with Gasteiger partial charge in [-0.3, -0.25) is 9.59 Å². The van der Waals surface area contributed by atoms with Crippen molar-refractivity contribution in [3.63, 3.8) is 0 Å². The quantitative estimate of drug-likeness (QED) is 0.270. The molecule has 2 aromatic heterocycles. The number of anilines is 1. The van der Waals surface area contributed by atoms with Crippen molar-refractivity contribution in [1.29, 1.82) is 5.26 Å². The Hall–Kier alpha value is -4.43. The lowest BCUT2D eigenvalue weighted by atomic mass is 10.0. The molecule has 0 atom stereocenters. The molecule has 1 amide bonds. The van der Waals surface area contributed by atoms with Crippen molar-refractivity contribution in [2.24, 2.45) is 0 Å². The van der Waals surface area contributed by atoms with Crippen LogP contribution in [0.25, 0.3) is 11.6 Å². The van der Waals surface area contributed by atoms with Gasteiger partial charge in [0.1, 0.15) is 11.6 Å². The fourth-order valence-corrected chi connectivity index (χ4v) is 3.74. The van der Waals surface area contributed by atoms with E-state index >= 15 is 0 Å². The molecule has 2 aromatic carbocycles. The number of ketones is 1. The van der Waals surface area contributed by atoms with Gasteiger partial charge in [0.05, 0.1) is 11.2 Å². The highest BCUT2D eigenvalue weighted by atomic mass is 16.1. The van der Waals surface area contributed by atoms with Gasteiger partial charge in [-0.25, -0.2) is 0 Å². The van der Waals surface area contributed by atoms with E-state index in [2.05, 4.69) is 5.32 Å². The van der Waals surface area contributed by atoms with Gasteiger partial charge in [0, 0.05) is 23.0 Å². The summed E-state index contributed by atoms with van der Waals surface area (Å²) >= 11 is 0. The molecule has 2 heterocycles. The van der Waals surface area contributed by atoms with E-state index in [1.54, 1.807) is 24.3 Å². The molecule has 5 heteroatoms. The van der Waals surface area contributed by atoms with Crippen molar-refractivity contribution >= 4 is 29.0 Å². The van der Waals surface area contributed by atoms with Crippen LogP contribution in [0.1, 0.15) is 32.7 Å². The van der Waals surface area contributed by atoms with Gasteiger partial charge in [-0.1, -0.05) is 54.6 Å². The van der Waals surface area contributed by atoms with Gasteiger partial charge in [-0.15, -0.1) is 0 Å². The number of carbonyl (C=O) groups excluding carboxylic acids is 2. The molecule has 0 bridgehead atoms. The van der Waals surface area contributed by atoms with E-state index in [9.17, 15) is 14.9 Å². The Labute approximate surface area is 186 Å². The number of amides is 1.